The lowest BCUT2D eigenvalue weighted by Gasteiger charge is -2.75. The van der Waals surface area contributed by atoms with E-state index in [1.165, 1.54) is 11.7 Å². The summed E-state index contributed by atoms with van der Waals surface area (Å²) in [4.78, 5) is 0. The normalized spacial score (nSPS) is 22.5. The molecule has 1 fully saturated rings. The first-order valence-corrected chi connectivity index (χ1v) is 12.6. The van der Waals surface area contributed by atoms with Crippen molar-refractivity contribution in [3.05, 3.63) is 0 Å². The quantitative estimate of drug-likeness (QED) is 0.386. The predicted molar refractivity (Wildman–Crippen MR) is 119 cm³/mol. The average molecular weight is 381 g/mol. The molecule has 1 heterocycles. The zero-order chi connectivity index (χ0) is 21.2. The zero-order valence-electron chi connectivity index (χ0n) is 20.9. The Morgan fingerprint density at radius 3 is 1.15 bits per heavy atom. The Hall–Kier alpha value is 0.492. The van der Waals surface area contributed by atoms with E-state index in [0.29, 0.717) is 4.28 Å². The van der Waals surface area contributed by atoms with Gasteiger partial charge < -0.3 is 3.79 Å². The van der Waals surface area contributed by atoms with Gasteiger partial charge in [0.25, 0.3) is 0 Å². The molecule has 0 aliphatic carbocycles. The minimum absolute atomic E-state index is 0.0583. The third kappa shape index (κ3) is 3.46. The molecule has 0 saturated carbocycles. The molecular weight excluding hydrogens is 331 g/mol. The molecule has 1 saturated heterocycles. The summed E-state index contributed by atoms with van der Waals surface area (Å²) in [6.07, 6.45) is 1.28. The summed E-state index contributed by atoms with van der Waals surface area (Å²) in [6.45, 7) is 36.6. The molecule has 0 aromatic heterocycles. The maximum absolute atomic E-state index is 7.58. The van der Waals surface area contributed by atoms with Gasteiger partial charge in [-0.25, -0.2) is 0 Å². The molecule has 1 rings (SSSR count). The van der Waals surface area contributed by atoms with Gasteiger partial charge in [-0.2, -0.15) is 0 Å². The Labute approximate surface area is 170 Å². The van der Waals surface area contributed by atoms with E-state index in [4.69, 9.17) is 3.79 Å². The largest absolute Gasteiger partial charge is 0.494 e. The van der Waals surface area contributed by atoms with Crippen molar-refractivity contribution in [3.8, 4) is 0 Å². The lowest BCUT2D eigenvalue weighted by atomic mass is 9.37. The molecule has 0 bridgehead atoms. The highest BCUT2D eigenvalue weighted by atomic mass is 27.2. The number of hydrogen-bond donors (Lipinski definition) is 0. The second-order valence-electron chi connectivity index (χ2n) is 14.1. The van der Waals surface area contributed by atoms with Crippen molar-refractivity contribution in [2.45, 2.75) is 125 Å². The van der Waals surface area contributed by atoms with Crippen LogP contribution in [0.15, 0.2) is 0 Å². The Morgan fingerprint density at radius 2 is 0.923 bits per heavy atom. The van der Waals surface area contributed by atoms with E-state index >= 15 is 0 Å². The fourth-order valence-corrected chi connectivity index (χ4v) is 10.6. The monoisotopic (exact) mass is 380 g/mol. The summed E-state index contributed by atoms with van der Waals surface area (Å²) in [5.41, 5.74) is 0.349. The highest BCUT2D eigenvalue weighted by Crippen LogP contribution is 2.73. The van der Waals surface area contributed by atoms with Crippen LogP contribution in [0, 0.1) is 27.1 Å². The minimum atomic E-state index is -1.36. The zero-order valence-corrected chi connectivity index (χ0v) is 22.1. The first-order valence-electron chi connectivity index (χ1n) is 10.7. The second kappa shape index (κ2) is 6.50. The van der Waals surface area contributed by atoms with E-state index in [1.54, 1.807) is 0 Å². The molecule has 1 aliphatic rings. The van der Waals surface area contributed by atoms with Gasteiger partial charge in [-0.15, -0.1) is 0 Å². The van der Waals surface area contributed by atoms with E-state index in [0.717, 1.165) is 0 Å². The SMILES string of the molecule is C[C](C)(C)[Al]1[CH2]CC(C(C)(C)C)(C(C)(C)C)C(C(C)(C)C)(C(C)(C)C)[O]1. The Bertz CT molecular complexity index is 469. The molecule has 0 radical (unpaired) electrons. The van der Waals surface area contributed by atoms with Crippen LogP contribution in [0.2, 0.25) is 9.56 Å². The first kappa shape index (κ1) is 24.5. The summed E-state index contributed by atoms with van der Waals surface area (Å²) in [5, 5.41) is 1.28. The molecule has 26 heavy (non-hydrogen) atoms. The minimum Gasteiger partial charge on any atom is -0.494 e. The van der Waals surface area contributed by atoms with Gasteiger partial charge in [-0.3, -0.25) is 0 Å². The Morgan fingerprint density at radius 1 is 0.577 bits per heavy atom. The van der Waals surface area contributed by atoms with Crippen molar-refractivity contribution in [3.63, 3.8) is 0 Å². The van der Waals surface area contributed by atoms with Crippen molar-refractivity contribution in [1.29, 1.82) is 0 Å². The van der Waals surface area contributed by atoms with Gasteiger partial charge in [-0.05, 0) is 21.7 Å². The fourth-order valence-electron chi connectivity index (χ4n) is 7.20. The van der Waals surface area contributed by atoms with E-state index in [-0.39, 0.29) is 32.7 Å². The van der Waals surface area contributed by atoms with E-state index in [2.05, 4.69) is 104 Å². The van der Waals surface area contributed by atoms with Crippen LogP contribution in [0.25, 0.3) is 0 Å². The van der Waals surface area contributed by atoms with Crippen LogP contribution >= 0.6 is 0 Å². The van der Waals surface area contributed by atoms with Gasteiger partial charge in [0.15, 0.2) is 0 Å². The number of rotatable bonds is 0. The molecule has 0 N–H and O–H groups in total. The highest BCUT2D eigenvalue weighted by Gasteiger charge is 2.73. The second-order valence-corrected chi connectivity index (χ2v) is 17.6. The summed E-state index contributed by atoms with van der Waals surface area (Å²) in [6, 6.07) is 0. The molecule has 0 unspecified atom stereocenters. The molecular formula is C24H49AlO. The molecule has 2 heteroatoms. The molecule has 0 spiro atoms. The van der Waals surface area contributed by atoms with Crippen molar-refractivity contribution >= 4 is 14.5 Å². The van der Waals surface area contributed by atoms with Crippen LogP contribution in [0.4, 0.5) is 0 Å². The van der Waals surface area contributed by atoms with Crippen molar-refractivity contribution in [2.75, 3.05) is 0 Å². The van der Waals surface area contributed by atoms with Crippen LogP contribution in [0.3, 0.4) is 0 Å². The molecule has 0 amide bonds. The molecule has 0 atom stereocenters. The van der Waals surface area contributed by atoms with Crippen molar-refractivity contribution < 1.29 is 3.79 Å². The molecule has 1 aliphatic heterocycles. The maximum atomic E-state index is 7.58. The van der Waals surface area contributed by atoms with Gasteiger partial charge in [0, 0.05) is 5.41 Å². The summed E-state index contributed by atoms with van der Waals surface area (Å²) in [5.74, 6) is 0. The van der Waals surface area contributed by atoms with Crippen LogP contribution in [0.5, 0.6) is 0 Å². The van der Waals surface area contributed by atoms with Gasteiger partial charge in [0.1, 0.15) is 0 Å². The smallest absolute Gasteiger partial charge is 0.467 e. The summed E-state index contributed by atoms with van der Waals surface area (Å²) >= 11 is -1.36. The topological polar surface area (TPSA) is 9.23 Å². The van der Waals surface area contributed by atoms with E-state index in [9.17, 15) is 0 Å². The summed E-state index contributed by atoms with van der Waals surface area (Å²) in [7, 11) is 0. The van der Waals surface area contributed by atoms with E-state index < -0.39 is 14.5 Å². The van der Waals surface area contributed by atoms with Crippen LogP contribution in [0.1, 0.15) is 110 Å². The predicted octanol–water partition coefficient (Wildman–Crippen LogP) is 8.11. The van der Waals surface area contributed by atoms with Gasteiger partial charge in [0.05, 0.1) is 5.60 Å². The van der Waals surface area contributed by atoms with Crippen LogP contribution in [-0.4, -0.2) is 20.1 Å². The Kier molecular flexibility index (Phi) is 6.14. The highest BCUT2D eigenvalue weighted by molar-refractivity contribution is 6.55. The molecule has 1 nitrogen and oxygen atoms in total. The Balaban J connectivity index is 4.01. The van der Waals surface area contributed by atoms with Gasteiger partial charge >= 0.3 is 14.5 Å². The summed E-state index contributed by atoms with van der Waals surface area (Å²) < 4.78 is 7.87. The first-order chi connectivity index (χ1) is 11.1. The van der Waals surface area contributed by atoms with Crippen LogP contribution < -0.4 is 0 Å². The maximum Gasteiger partial charge on any atom is 0.467 e. The van der Waals surface area contributed by atoms with Crippen molar-refractivity contribution in [1.82, 2.24) is 0 Å². The third-order valence-electron chi connectivity index (χ3n) is 7.34. The number of hydrogen-bond acceptors (Lipinski definition) is 1. The van der Waals surface area contributed by atoms with Gasteiger partial charge in [-0.1, -0.05) is 120 Å². The van der Waals surface area contributed by atoms with Crippen LogP contribution in [-0.2, 0) is 3.79 Å². The van der Waals surface area contributed by atoms with E-state index in [1.807, 2.05) is 0 Å². The molecule has 0 aromatic carbocycles. The van der Waals surface area contributed by atoms with Crippen molar-refractivity contribution in [2.24, 2.45) is 27.1 Å². The third-order valence-corrected chi connectivity index (χ3v) is 10.7. The fraction of sp³-hybridized carbons (Fsp3) is 1.00. The molecule has 154 valence electrons. The lowest BCUT2D eigenvalue weighted by Crippen LogP contribution is -2.76. The average Bonchev–Trinajstić information content (AvgIpc) is 2.30. The molecule has 0 aromatic rings. The standard InChI is InChI=1S/C20H40O.C4H9.Al/c1-14-19(15(2,3)4,16(5,6)7)20(21,17(8,9)10)18(11,12)13;1-4(2)3;/h1,14H2,2-13H3;1-3H3;/q-1;;+1. The van der Waals surface area contributed by atoms with Gasteiger partial charge in [0.2, 0.25) is 0 Å². The lowest BCUT2D eigenvalue weighted by molar-refractivity contribution is -0.286.